The molecule has 0 saturated carbocycles. The summed E-state index contributed by atoms with van der Waals surface area (Å²) in [5, 5.41) is 3.74. The topological polar surface area (TPSA) is 12.0 Å². The zero-order chi connectivity index (χ0) is 26.4. The SMILES string of the molecule is CCCCCCCCc1cccc(Nc2ccc(CCCCCCCC)c(CCCCCCCC)c2)c1. The van der Waals surface area contributed by atoms with Gasteiger partial charge in [-0.05, 0) is 79.5 Å². The Labute approximate surface area is 231 Å². The van der Waals surface area contributed by atoms with Crippen molar-refractivity contribution in [3.63, 3.8) is 0 Å². The number of unbranched alkanes of at least 4 members (excludes halogenated alkanes) is 15. The second-order valence-corrected chi connectivity index (χ2v) is 11.4. The normalized spacial score (nSPS) is 11.2. The fourth-order valence-corrected chi connectivity index (χ4v) is 5.45. The zero-order valence-corrected chi connectivity index (χ0v) is 24.9. The minimum absolute atomic E-state index is 1.20. The van der Waals surface area contributed by atoms with Crippen LogP contribution in [0.5, 0.6) is 0 Å². The lowest BCUT2D eigenvalue weighted by molar-refractivity contribution is 0.599. The average Bonchev–Trinajstić information content (AvgIpc) is 2.91. The second kappa shape index (κ2) is 21.2. The Morgan fingerprint density at radius 2 is 0.919 bits per heavy atom. The molecule has 1 heteroatoms. The molecule has 1 N–H and O–H groups in total. The third-order valence-electron chi connectivity index (χ3n) is 7.84. The summed E-state index contributed by atoms with van der Waals surface area (Å²) in [5.41, 5.74) is 7.12. The minimum Gasteiger partial charge on any atom is -0.356 e. The van der Waals surface area contributed by atoms with E-state index in [1.165, 1.54) is 152 Å². The van der Waals surface area contributed by atoms with Crippen LogP contribution in [0, 0.1) is 0 Å². The predicted molar refractivity (Wildman–Crippen MR) is 167 cm³/mol. The van der Waals surface area contributed by atoms with Crippen molar-refractivity contribution >= 4 is 11.4 Å². The van der Waals surface area contributed by atoms with Gasteiger partial charge in [-0.1, -0.05) is 135 Å². The van der Waals surface area contributed by atoms with E-state index in [1.807, 2.05) is 0 Å². The van der Waals surface area contributed by atoms with Crippen molar-refractivity contribution in [2.75, 3.05) is 5.32 Å². The first-order valence-corrected chi connectivity index (χ1v) is 16.2. The van der Waals surface area contributed by atoms with Crippen LogP contribution in [0.3, 0.4) is 0 Å². The van der Waals surface area contributed by atoms with Gasteiger partial charge in [-0.25, -0.2) is 0 Å². The van der Waals surface area contributed by atoms with Crippen LogP contribution in [0.15, 0.2) is 42.5 Å². The van der Waals surface area contributed by atoms with Gasteiger partial charge in [0.15, 0.2) is 0 Å². The molecular formula is C36H59N. The smallest absolute Gasteiger partial charge is 0.0387 e. The van der Waals surface area contributed by atoms with E-state index >= 15 is 0 Å². The minimum atomic E-state index is 1.20. The van der Waals surface area contributed by atoms with E-state index in [1.54, 1.807) is 11.1 Å². The third kappa shape index (κ3) is 14.7. The molecule has 1 nitrogen and oxygen atoms in total. The molecule has 0 unspecified atom stereocenters. The van der Waals surface area contributed by atoms with Crippen LogP contribution < -0.4 is 5.32 Å². The van der Waals surface area contributed by atoms with Crippen LogP contribution in [0.1, 0.15) is 153 Å². The van der Waals surface area contributed by atoms with Crippen molar-refractivity contribution in [2.45, 2.75) is 156 Å². The van der Waals surface area contributed by atoms with Gasteiger partial charge in [0.05, 0.1) is 0 Å². The first kappa shape index (κ1) is 31.5. The van der Waals surface area contributed by atoms with Crippen molar-refractivity contribution in [3.8, 4) is 0 Å². The van der Waals surface area contributed by atoms with Gasteiger partial charge in [0.2, 0.25) is 0 Å². The summed E-state index contributed by atoms with van der Waals surface area (Å²) in [6, 6.07) is 16.3. The Kier molecular flexibility index (Phi) is 18.0. The third-order valence-corrected chi connectivity index (χ3v) is 7.84. The van der Waals surface area contributed by atoms with Gasteiger partial charge < -0.3 is 5.32 Å². The molecule has 0 aliphatic heterocycles. The zero-order valence-electron chi connectivity index (χ0n) is 24.9. The van der Waals surface area contributed by atoms with Gasteiger partial charge >= 0.3 is 0 Å². The summed E-state index contributed by atoms with van der Waals surface area (Å²) < 4.78 is 0. The summed E-state index contributed by atoms with van der Waals surface area (Å²) >= 11 is 0. The first-order chi connectivity index (χ1) is 18.3. The summed E-state index contributed by atoms with van der Waals surface area (Å²) in [6.07, 6.45) is 28.3. The Hall–Kier alpha value is -1.76. The predicted octanol–water partition coefficient (Wildman–Crippen LogP) is 12.1. The van der Waals surface area contributed by atoms with Crippen LogP contribution in [-0.2, 0) is 19.3 Å². The van der Waals surface area contributed by atoms with Gasteiger partial charge in [0.1, 0.15) is 0 Å². The Balaban J connectivity index is 1.93. The maximum absolute atomic E-state index is 3.74. The molecule has 0 spiro atoms. The molecule has 0 aliphatic carbocycles. The molecule has 0 amide bonds. The van der Waals surface area contributed by atoms with Crippen LogP contribution >= 0.6 is 0 Å². The molecular weight excluding hydrogens is 446 g/mol. The Morgan fingerprint density at radius 1 is 0.432 bits per heavy atom. The molecule has 0 atom stereocenters. The van der Waals surface area contributed by atoms with Crippen LogP contribution in [-0.4, -0.2) is 0 Å². The number of nitrogens with one attached hydrogen (secondary N) is 1. The summed E-state index contributed by atoms with van der Waals surface area (Å²) in [5.74, 6) is 0. The second-order valence-electron chi connectivity index (χ2n) is 11.4. The standard InChI is InChI=1S/C36H59N/c1-4-7-10-13-16-19-23-32-24-22-27-35(30-32)37-36-29-28-33(25-20-17-14-11-8-5-2)34(31-36)26-21-18-15-12-9-6-3/h22,24,27-31,37H,4-21,23,25-26H2,1-3H3. The number of hydrogen-bond acceptors (Lipinski definition) is 1. The molecule has 2 rings (SSSR count). The highest BCUT2D eigenvalue weighted by molar-refractivity contribution is 5.61. The summed E-state index contributed by atoms with van der Waals surface area (Å²) in [7, 11) is 0. The fraction of sp³-hybridized carbons (Fsp3) is 0.667. The molecule has 0 bridgehead atoms. The lowest BCUT2D eigenvalue weighted by Crippen LogP contribution is -1.99. The number of anilines is 2. The fourth-order valence-electron chi connectivity index (χ4n) is 5.45. The van der Waals surface area contributed by atoms with Crippen molar-refractivity contribution in [3.05, 3.63) is 59.2 Å². The summed E-state index contributed by atoms with van der Waals surface area (Å²) in [4.78, 5) is 0. The molecule has 2 aromatic carbocycles. The highest BCUT2D eigenvalue weighted by atomic mass is 14.9. The molecule has 37 heavy (non-hydrogen) atoms. The van der Waals surface area contributed by atoms with Crippen molar-refractivity contribution in [1.82, 2.24) is 0 Å². The molecule has 0 saturated heterocycles. The van der Waals surface area contributed by atoms with E-state index in [-0.39, 0.29) is 0 Å². The van der Waals surface area contributed by atoms with E-state index in [4.69, 9.17) is 0 Å². The maximum atomic E-state index is 3.74. The molecule has 0 aromatic heterocycles. The molecule has 0 fully saturated rings. The van der Waals surface area contributed by atoms with Crippen LogP contribution in [0.2, 0.25) is 0 Å². The molecule has 0 heterocycles. The molecule has 2 aromatic rings. The van der Waals surface area contributed by atoms with E-state index in [0.29, 0.717) is 0 Å². The maximum Gasteiger partial charge on any atom is 0.0387 e. The average molecular weight is 506 g/mol. The lowest BCUT2D eigenvalue weighted by atomic mass is 9.95. The van der Waals surface area contributed by atoms with Crippen molar-refractivity contribution < 1.29 is 0 Å². The van der Waals surface area contributed by atoms with E-state index in [9.17, 15) is 0 Å². The summed E-state index contributed by atoms with van der Waals surface area (Å²) in [6.45, 7) is 6.90. The largest absolute Gasteiger partial charge is 0.356 e. The first-order valence-electron chi connectivity index (χ1n) is 16.2. The van der Waals surface area contributed by atoms with Gasteiger partial charge in [-0.2, -0.15) is 0 Å². The Bertz CT molecular complexity index is 808. The van der Waals surface area contributed by atoms with Crippen molar-refractivity contribution in [1.29, 1.82) is 0 Å². The number of aryl methyl sites for hydroxylation is 3. The van der Waals surface area contributed by atoms with Crippen molar-refractivity contribution in [2.24, 2.45) is 0 Å². The monoisotopic (exact) mass is 505 g/mol. The number of rotatable bonds is 23. The van der Waals surface area contributed by atoms with Crippen LogP contribution in [0.25, 0.3) is 0 Å². The highest BCUT2D eigenvalue weighted by Crippen LogP contribution is 2.25. The van der Waals surface area contributed by atoms with Gasteiger partial charge in [0.25, 0.3) is 0 Å². The van der Waals surface area contributed by atoms with Gasteiger partial charge in [-0.15, -0.1) is 0 Å². The van der Waals surface area contributed by atoms with Gasteiger partial charge in [-0.3, -0.25) is 0 Å². The van der Waals surface area contributed by atoms with E-state index in [2.05, 4.69) is 68.6 Å². The molecule has 208 valence electrons. The lowest BCUT2D eigenvalue weighted by Gasteiger charge is -2.14. The van der Waals surface area contributed by atoms with Gasteiger partial charge in [0, 0.05) is 11.4 Å². The number of hydrogen-bond donors (Lipinski definition) is 1. The van der Waals surface area contributed by atoms with E-state index in [0.717, 1.165) is 0 Å². The van der Waals surface area contributed by atoms with Crippen LogP contribution in [0.4, 0.5) is 11.4 Å². The molecule has 0 aliphatic rings. The van der Waals surface area contributed by atoms with E-state index < -0.39 is 0 Å². The highest BCUT2D eigenvalue weighted by Gasteiger charge is 2.06. The quantitative estimate of drug-likeness (QED) is 0.148. The number of benzene rings is 2. The molecule has 0 radical (unpaired) electrons. The Morgan fingerprint density at radius 3 is 1.51 bits per heavy atom.